The third-order valence-electron chi connectivity index (χ3n) is 3.07. The Kier molecular flexibility index (Phi) is 4.02. The number of hydrogen-bond donors (Lipinski definition) is 1. The lowest BCUT2D eigenvalue weighted by Gasteiger charge is -2.11. The molecule has 0 bridgehead atoms. The number of nitro groups is 1. The van der Waals surface area contributed by atoms with Gasteiger partial charge in [0.2, 0.25) is 0 Å². The van der Waals surface area contributed by atoms with E-state index in [0.29, 0.717) is 16.7 Å². The van der Waals surface area contributed by atoms with E-state index in [0.717, 1.165) is 24.3 Å². The third kappa shape index (κ3) is 2.49. The number of anilines is 1. The number of aryl methyl sites for hydroxylation is 1. The summed E-state index contributed by atoms with van der Waals surface area (Å²) in [5.74, 6) is 1.27. The van der Waals surface area contributed by atoms with E-state index < -0.39 is 4.92 Å². The molecule has 0 radical (unpaired) electrons. The van der Waals surface area contributed by atoms with Gasteiger partial charge in [-0.25, -0.2) is 4.98 Å². The van der Waals surface area contributed by atoms with Gasteiger partial charge in [-0.05, 0) is 31.0 Å². The molecular weight excluding hydrogens is 258 g/mol. The molecule has 1 aromatic heterocycles. The van der Waals surface area contributed by atoms with Crippen molar-refractivity contribution in [3.05, 3.63) is 33.9 Å². The van der Waals surface area contributed by atoms with E-state index >= 15 is 0 Å². The zero-order chi connectivity index (χ0) is 14.7. The molecule has 0 aliphatic rings. The maximum atomic E-state index is 11.1. The minimum atomic E-state index is -0.401. The Bertz CT molecular complexity index is 656. The molecule has 0 aliphatic carbocycles. The summed E-state index contributed by atoms with van der Waals surface area (Å²) in [6.45, 7) is 4.75. The molecule has 0 aliphatic heterocycles. The van der Waals surface area contributed by atoms with E-state index in [1.165, 1.54) is 13.2 Å². The highest BCUT2D eigenvalue weighted by Gasteiger charge is 2.17. The quantitative estimate of drug-likeness (QED) is 0.669. The van der Waals surface area contributed by atoms with Crippen molar-refractivity contribution in [3.8, 4) is 5.75 Å². The predicted octanol–water partition coefficient (Wildman–Crippen LogP) is 3.28. The van der Waals surface area contributed by atoms with Gasteiger partial charge in [0, 0.05) is 12.6 Å². The van der Waals surface area contributed by atoms with Crippen LogP contribution < -0.4 is 10.1 Å². The van der Waals surface area contributed by atoms with E-state index in [-0.39, 0.29) is 5.69 Å². The number of ether oxygens (including phenoxy) is 1. The van der Waals surface area contributed by atoms with Crippen molar-refractivity contribution in [1.29, 1.82) is 0 Å². The minimum absolute atomic E-state index is 0.0402. The summed E-state index contributed by atoms with van der Waals surface area (Å²) in [6, 6.07) is 4.80. The van der Waals surface area contributed by atoms with Gasteiger partial charge >= 0.3 is 0 Å². The first-order valence-corrected chi connectivity index (χ1v) is 6.45. The molecule has 0 saturated carbocycles. The maximum absolute atomic E-state index is 11.1. The fourth-order valence-corrected chi connectivity index (χ4v) is 2.07. The van der Waals surface area contributed by atoms with Gasteiger partial charge in [0.1, 0.15) is 17.1 Å². The largest absolute Gasteiger partial charge is 0.494 e. The number of pyridine rings is 1. The van der Waals surface area contributed by atoms with Crippen LogP contribution in [0.4, 0.5) is 11.5 Å². The van der Waals surface area contributed by atoms with Crippen LogP contribution in [0.5, 0.6) is 5.75 Å². The molecule has 0 saturated heterocycles. The van der Waals surface area contributed by atoms with Gasteiger partial charge in [-0.3, -0.25) is 10.1 Å². The number of non-ortho nitro benzene ring substituents is 1. The Morgan fingerprint density at radius 2 is 2.20 bits per heavy atom. The van der Waals surface area contributed by atoms with Crippen LogP contribution in [0.3, 0.4) is 0 Å². The first-order chi connectivity index (χ1) is 9.58. The summed E-state index contributed by atoms with van der Waals surface area (Å²) in [5, 5.41) is 14.8. The van der Waals surface area contributed by atoms with E-state index in [1.807, 2.05) is 6.92 Å². The van der Waals surface area contributed by atoms with Crippen molar-refractivity contribution in [3.63, 3.8) is 0 Å². The maximum Gasteiger partial charge on any atom is 0.279 e. The molecule has 0 atom stereocenters. The molecule has 1 heterocycles. The summed E-state index contributed by atoms with van der Waals surface area (Å²) < 4.78 is 5.25. The molecule has 1 aromatic carbocycles. The first-order valence-electron chi connectivity index (χ1n) is 6.45. The molecule has 0 unspecified atom stereocenters. The number of aromatic nitrogens is 1. The van der Waals surface area contributed by atoms with Gasteiger partial charge in [-0.1, -0.05) is 6.92 Å². The lowest BCUT2D eigenvalue weighted by Crippen LogP contribution is -2.05. The van der Waals surface area contributed by atoms with Crippen LogP contribution in [0.25, 0.3) is 10.9 Å². The molecule has 1 N–H and O–H groups in total. The Balaban J connectivity index is 2.68. The number of nitro benzene ring substituents is 1. The Morgan fingerprint density at radius 3 is 2.80 bits per heavy atom. The van der Waals surface area contributed by atoms with Crippen LogP contribution >= 0.6 is 0 Å². The van der Waals surface area contributed by atoms with E-state index in [9.17, 15) is 10.1 Å². The Labute approximate surface area is 116 Å². The van der Waals surface area contributed by atoms with Crippen LogP contribution in [0.15, 0.2) is 18.2 Å². The molecule has 0 spiro atoms. The minimum Gasteiger partial charge on any atom is -0.494 e. The second-order valence-electron chi connectivity index (χ2n) is 4.52. The van der Waals surface area contributed by atoms with Crippen LogP contribution in [0.2, 0.25) is 0 Å². The second kappa shape index (κ2) is 5.73. The predicted molar refractivity (Wildman–Crippen MR) is 78.5 cm³/mol. The normalized spacial score (nSPS) is 10.6. The SMILES string of the molecule is CCCNc1nc2c(OC)ccc([N+](=O)[O-])c2cc1C. The number of fused-ring (bicyclic) bond motifs is 1. The van der Waals surface area contributed by atoms with Crippen LogP contribution in [0.1, 0.15) is 18.9 Å². The Morgan fingerprint density at radius 1 is 1.45 bits per heavy atom. The zero-order valence-corrected chi connectivity index (χ0v) is 11.8. The summed E-state index contributed by atoms with van der Waals surface area (Å²) in [6.07, 6.45) is 0.977. The fraction of sp³-hybridized carbons (Fsp3) is 0.357. The zero-order valence-electron chi connectivity index (χ0n) is 11.8. The molecule has 106 valence electrons. The number of rotatable bonds is 5. The van der Waals surface area contributed by atoms with Crippen LogP contribution in [-0.4, -0.2) is 23.6 Å². The van der Waals surface area contributed by atoms with Crippen molar-refractivity contribution in [1.82, 2.24) is 4.98 Å². The van der Waals surface area contributed by atoms with Crippen molar-refractivity contribution < 1.29 is 9.66 Å². The number of nitrogens with zero attached hydrogens (tertiary/aromatic N) is 2. The lowest BCUT2D eigenvalue weighted by molar-refractivity contribution is -0.383. The van der Waals surface area contributed by atoms with E-state index in [4.69, 9.17) is 4.74 Å². The first kappa shape index (κ1) is 14.0. The third-order valence-corrected chi connectivity index (χ3v) is 3.07. The average molecular weight is 275 g/mol. The molecular formula is C14H17N3O3. The number of hydrogen-bond acceptors (Lipinski definition) is 5. The van der Waals surface area contributed by atoms with Crippen LogP contribution in [0, 0.1) is 17.0 Å². The number of benzene rings is 1. The molecule has 0 amide bonds. The highest BCUT2D eigenvalue weighted by Crippen LogP contribution is 2.33. The average Bonchev–Trinajstić information content (AvgIpc) is 2.43. The van der Waals surface area contributed by atoms with Crippen molar-refractivity contribution in [2.24, 2.45) is 0 Å². The molecule has 2 rings (SSSR count). The van der Waals surface area contributed by atoms with Gasteiger partial charge in [0.15, 0.2) is 0 Å². The smallest absolute Gasteiger partial charge is 0.279 e. The molecule has 20 heavy (non-hydrogen) atoms. The molecule has 2 aromatic rings. The molecule has 0 fully saturated rings. The highest BCUT2D eigenvalue weighted by molar-refractivity contribution is 5.94. The van der Waals surface area contributed by atoms with Crippen molar-refractivity contribution >= 4 is 22.4 Å². The number of nitrogens with one attached hydrogen (secondary N) is 1. The highest BCUT2D eigenvalue weighted by atomic mass is 16.6. The molecule has 6 nitrogen and oxygen atoms in total. The molecule has 6 heteroatoms. The van der Waals surface area contributed by atoms with E-state index in [1.54, 1.807) is 12.1 Å². The van der Waals surface area contributed by atoms with Gasteiger partial charge < -0.3 is 10.1 Å². The number of methoxy groups -OCH3 is 1. The Hall–Kier alpha value is -2.37. The van der Waals surface area contributed by atoms with Crippen LogP contribution in [-0.2, 0) is 0 Å². The topological polar surface area (TPSA) is 77.3 Å². The summed E-state index contributed by atoms with van der Waals surface area (Å²) >= 11 is 0. The summed E-state index contributed by atoms with van der Waals surface area (Å²) in [4.78, 5) is 15.2. The van der Waals surface area contributed by atoms with Gasteiger partial charge in [0.25, 0.3) is 5.69 Å². The van der Waals surface area contributed by atoms with Gasteiger partial charge in [-0.2, -0.15) is 0 Å². The fourth-order valence-electron chi connectivity index (χ4n) is 2.07. The summed E-state index contributed by atoms with van der Waals surface area (Å²) in [5.41, 5.74) is 1.42. The van der Waals surface area contributed by atoms with E-state index in [2.05, 4.69) is 17.2 Å². The lowest BCUT2D eigenvalue weighted by atomic mass is 10.1. The van der Waals surface area contributed by atoms with Crippen molar-refractivity contribution in [2.45, 2.75) is 20.3 Å². The van der Waals surface area contributed by atoms with Gasteiger partial charge in [0.05, 0.1) is 17.4 Å². The second-order valence-corrected chi connectivity index (χ2v) is 4.52. The van der Waals surface area contributed by atoms with Crippen molar-refractivity contribution in [2.75, 3.05) is 19.0 Å². The summed E-state index contributed by atoms with van der Waals surface area (Å²) in [7, 11) is 1.53. The standard InChI is InChI=1S/C14H17N3O3/c1-4-7-15-14-9(2)8-10-11(17(18)19)5-6-12(20-3)13(10)16-14/h5-6,8H,4,7H2,1-3H3,(H,15,16). The monoisotopic (exact) mass is 275 g/mol. The van der Waals surface area contributed by atoms with Gasteiger partial charge in [-0.15, -0.1) is 0 Å².